The number of rotatable bonds is 3. The average molecular weight is 221 g/mol. The third-order valence-corrected chi connectivity index (χ3v) is 3.07. The highest BCUT2D eigenvalue weighted by molar-refractivity contribution is 5.94. The molecule has 1 aromatic rings. The molecule has 0 amide bonds. The van der Waals surface area contributed by atoms with Crippen LogP contribution >= 0.6 is 0 Å². The predicted octanol–water partition coefficient (Wildman–Crippen LogP) is 0.696. The molecule has 5 nitrogen and oxygen atoms in total. The van der Waals surface area contributed by atoms with E-state index < -0.39 is 23.3 Å². The zero-order chi connectivity index (χ0) is 11.9. The van der Waals surface area contributed by atoms with Crippen molar-refractivity contribution in [1.29, 1.82) is 0 Å². The Morgan fingerprint density at radius 3 is 2.19 bits per heavy atom. The summed E-state index contributed by atoms with van der Waals surface area (Å²) in [5.41, 5.74) is 5.26. The molecule has 1 aliphatic carbocycles. The lowest BCUT2D eigenvalue weighted by atomic mass is 9.93. The zero-order valence-electron chi connectivity index (χ0n) is 8.38. The summed E-state index contributed by atoms with van der Waals surface area (Å²) in [6.45, 7) is 0. The summed E-state index contributed by atoms with van der Waals surface area (Å²) in [6.07, 6.45) is 0.140. The summed E-state index contributed by atoms with van der Waals surface area (Å²) in [5, 5.41) is 18.0. The van der Waals surface area contributed by atoms with Crippen LogP contribution in [-0.2, 0) is 15.0 Å². The van der Waals surface area contributed by atoms with Crippen LogP contribution in [0.2, 0.25) is 0 Å². The predicted molar refractivity (Wildman–Crippen MR) is 55.9 cm³/mol. The van der Waals surface area contributed by atoms with Crippen LogP contribution in [0.1, 0.15) is 12.0 Å². The minimum absolute atomic E-state index is 0.140. The highest BCUT2D eigenvalue weighted by Crippen LogP contribution is 2.54. The molecule has 0 radical (unpaired) electrons. The number of hydrogen-bond acceptors (Lipinski definition) is 3. The standard InChI is InChI=1S/C11H11NO4/c12-7-3-1-6(2-4-7)11(10(15)16)5-8(11)9(13)14/h1-4,8H,5,12H2,(H,13,14)(H,15,16). The summed E-state index contributed by atoms with van der Waals surface area (Å²) in [7, 11) is 0. The van der Waals surface area contributed by atoms with Crippen molar-refractivity contribution in [3.05, 3.63) is 29.8 Å². The van der Waals surface area contributed by atoms with Gasteiger partial charge in [0.25, 0.3) is 0 Å². The van der Waals surface area contributed by atoms with E-state index in [4.69, 9.17) is 15.9 Å². The van der Waals surface area contributed by atoms with E-state index >= 15 is 0 Å². The number of benzene rings is 1. The molecule has 0 aromatic heterocycles. The van der Waals surface area contributed by atoms with E-state index in [9.17, 15) is 9.59 Å². The average Bonchev–Trinajstić information content (AvgIpc) is 2.95. The van der Waals surface area contributed by atoms with Crippen LogP contribution < -0.4 is 5.73 Å². The SMILES string of the molecule is Nc1ccc(C2(C(=O)O)CC2C(=O)O)cc1. The molecular formula is C11H11NO4. The lowest BCUT2D eigenvalue weighted by molar-refractivity contribution is -0.145. The number of carbonyl (C=O) groups is 2. The van der Waals surface area contributed by atoms with Gasteiger partial charge in [-0.3, -0.25) is 9.59 Å². The fourth-order valence-electron chi connectivity index (χ4n) is 2.02. The van der Waals surface area contributed by atoms with Crippen LogP contribution in [0, 0.1) is 5.92 Å². The smallest absolute Gasteiger partial charge is 0.315 e. The van der Waals surface area contributed by atoms with Crippen LogP contribution in [-0.4, -0.2) is 22.2 Å². The molecule has 5 heteroatoms. The Bertz CT molecular complexity index is 454. The van der Waals surface area contributed by atoms with Gasteiger partial charge >= 0.3 is 11.9 Å². The van der Waals surface area contributed by atoms with Gasteiger partial charge < -0.3 is 15.9 Å². The lowest BCUT2D eigenvalue weighted by Gasteiger charge is -2.11. The fraction of sp³-hybridized carbons (Fsp3) is 0.273. The van der Waals surface area contributed by atoms with E-state index in [0.29, 0.717) is 11.3 Å². The summed E-state index contributed by atoms with van der Waals surface area (Å²) in [6, 6.07) is 6.31. The van der Waals surface area contributed by atoms with Gasteiger partial charge in [-0.2, -0.15) is 0 Å². The summed E-state index contributed by atoms with van der Waals surface area (Å²) in [5.74, 6) is -3.00. The highest BCUT2D eigenvalue weighted by atomic mass is 16.4. The molecule has 0 bridgehead atoms. The van der Waals surface area contributed by atoms with Crippen molar-refractivity contribution >= 4 is 17.6 Å². The molecule has 0 spiro atoms. The van der Waals surface area contributed by atoms with Gasteiger partial charge in [0.1, 0.15) is 5.41 Å². The Balaban J connectivity index is 2.40. The maximum Gasteiger partial charge on any atom is 0.315 e. The molecule has 1 fully saturated rings. The largest absolute Gasteiger partial charge is 0.481 e. The van der Waals surface area contributed by atoms with Crippen molar-refractivity contribution in [2.45, 2.75) is 11.8 Å². The van der Waals surface area contributed by atoms with Gasteiger partial charge in [0, 0.05) is 5.69 Å². The Labute approximate surface area is 91.5 Å². The Hall–Kier alpha value is -2.04. The van der Waals surface area contributed by atoms with Crippen molar-refractivity contribution in [2.75, 3.05) is 5.73 Å². The quantitative estimate of drug-likeness (QED) is 0.652. The second-order valence-electron chi connectivity index (χ2n) is 3.99. The van der Waals surface area contributed by atoms with E-state index in [-0.39, 0.29) is 6.42 Å². The molecule has 0 heterocycles. The van der Waals surface area contributed by atoms with Crippen molar-refractivity contribution < 1.29 is 19.8 Å². The minimum Gasteiger partial charge on any atom is -0.481 e. The first-order valence-corrected chi connectivity index (χ1v) is 4.80. The second kappa shape index (κ2) is 3.23. The third kappa shape index (κ3) is 1.32. The minimum atomic E-state index is -1.26. The number of carboxylic acid groups (broad SMARTS) is 2. The molecule has 0 saturated heterocycles. The van der Waals surface area contributed by atoms with E-state index in [2.05, 4.69) is 0 Å². The van der Waals surface area contributed by atoms with Gasteiger partial charge in [-0.25, -0.2) is 0 Å². The van der Waals surface area contributed by atoms with Crippen LogP contribution in [0.3, 0.4) is 0 Å². The molecular weight excluding hydrogens is 210 g/mol. The summed E-state index contributed by atoms with van der Waals surface area (Å²) >= 11 is 0. The normalized spacial score (nSPS) is 27.4. The van der Waals surface area contributed by atoms with Crippen LogP contribution in [0.5, 0.6) is 0 Å². The van der Waals surface area contributed by atoms with Crippen molar-refractivity contribution in [3.8, 4) is 0 Å². The maximum atomic E-state index is 11.2. The Morgan fingerprint density at radius 1 is 1.25 bits per heavy atom. The molecule has 2 unspecified atom stereocenters. The van der Waals surface area contributed by atoms with Gasteiger partial charge in [-0.15, -0.1) is 0 Å². The Morgan fingerprint density at radius 2 is 1.81 bits per heavy atom. The molecule has 84 valence electrons. The number of hydrogen-bond donors (Lipinski definition) is 3. The molecule has 16 heavy (non-hydrogen) atoms. The number of carboxylic acids is 2. The van der Waals surface area contributed by atoms with E-state index in [1.54, 1.807) is 24.3 Å². The van der Waals surface area contributed by atoms with Gasteiger partial charge in [0.15, 0.2) is 0 Å². The van der Waals surface area contributed by atoms with Crippen molar-refractivity contribution in [1.82, 2.24) is 0 Å². The van der Waals surface area contributed by atoms with Gasteiger partial charge in [0.2, 0.25) is 0 Å². The molecule has 4 N–H and O–H groups in total. The zero-order valence-corrected chi connectivity index (χ0v) is 8.38. The first-order valence-electron chi connectivity index (χ1n) is 4.80. The van der Waals surface area contributed by atoms with E-state index in [1.807, 2.05) is 0 Å². The number of anilines is 1. The lowest BCUT2D eigenvalue weighted by Crippen LogP contribution is -2.25. The summed E-state index contributed by atoms with van der Waals surface area (Å²) in [4.78, 5) is 22.0. The highest BCUT2D eigenvalue weighted by Gasteiger charge is 2.65. The van der Waals surface area contributed by atoms with E-state index in [0.717, 1.165) is 0 Å². The molecule has 2 atom stereocenters. The topological polar surface area (TPSA) is 101 Å². The number of aliphatic carboxylic acids is 2. The number of nitrogen functional groups attached to an aromatic ring is 1. The molecule has 1 saturated carbocycles. The fourth-order valence-corrected chi connectivity index (χ4v) is 2.02. The summed E-state index contributed by atoms with van der Waals surface area (Å²) < 4.78 is 0. The second-order valence-corrected chi connectivity index (χ2v) is 3.99. The molecule has 1 aromatic carbocycles. The third-order valence-electron chi connectivity index (χ3n) is 3.07. The monoisotopic (exact) mass is 221 g/mol. The molecule has 0 aliphatic heterocycles. The van der Waals surface area contributed by atoms with Crippen molar-refractivity contribution in [3.63, 3.8) is 0 Å². The van der Waals surface area contributed by atoms with Gasteiger partial charge in [-0.1, -0.05) is 12.1 Å². The first-order chi connectivity index (χ1) is 7.48. The van der Waals surface area contributed by atoms with Crippen molar-refractivity contribution in [2.24, 2.45) is 5.92 Å². The molecule has 1 aliphatic rings. The van der Waals surface area contributed by atoms with Crippen LogP contribution in [0.15, 0.2) is 24.3 Å². The van der Waals surface area contributed by atoms with Crippen LogP contribution in [0.4, 0.5) is 5.69 Å². The Kier molecular flexibility index (Phi) is 2.11. The van der Waals surface area contributed by atoms with Gasteiger partial charge in [0.05, 0.1) is 5.92 Å². The first kappa shape index (κ1) is 10.5. The number of nitrogens with two attached hydrogens (primary N) is 1. The van der Waals surface area contributed by atoms with Crippen LogP contribution in [0.25, 0.3) is 0 Å². The molecule has 2 rings (SSSR count). The maximum absolute atomic E-state index is 11.2. The van der Waals surface area contributed by atoms with E-state index in [1.165, 1.54) is 0 Å². The van der Waals surface area contributed by atoms with Gasteiger partial charge in [-0.05, 0) is 24.1 Å².